The normalized spacial score (nSPS) is 11.6. The van der Waals surface area contributed by atoms with Crippen molar-refractivity contribution in [3.8, 4) is 5.75 Å². The van der Waals surface area contributed by atoms with Crippen molar-refractivity contribution < 1.29 is 23.8 Å². The van der Waals surface area contributed by atoms with Crippen LogP contribution in [0.25, 0.3) is 0 Å². The summed E-state index contributed by atoms with van der Waals surface area (Å²) in [6.07, 6.45) is 0. The molecule has 0 fully saturated rings. The van der Waals surface area contributed by atoms with Gasteiger partial charge in [0.1, 0.15) is 12.4 Å². The van der Waals surface area contributed by atoms with Crippen molar-refractivity contribution in [2.75, 3.05) is 34.5 Å². The van der Waals surface area contributed by atoms with Gasteiger partial charge in [0, 0.05) is 20.2 Å². The van der Waals surface area contributed by atoms with E-state index in [1.165, 1.54) is 14.2 Å². The molecular formula is C16H23NO5. The molecule has 0 heterocycles. The first-order chi connectivity index (χ1) is 10.5. The third-order valence-electron chi connectivity index (χ3n) is 3.25. The number of carbonyl (C=O) groups excluding carboxylic acids is 2. The van der Waals surface area contributed by atoms with Gasteiger partial charge in [-0.1, -0.05) is 19.1 Å². The standard InChI is InChI=1S/C16H23NO5/c1-12(16(19)22-4)9-17(15(18)11-20-2)10-13-5-7-14(21-3)8-6-13/h5-8,12H,9-11H2,1-4H3. The van der Waals surface area contributed by atoms with Gasteiger partial charge in [-0.15, -0.1) is 0 Å². The fourth-order valence-corrected chi connectivity index (χ4v) is 2.03. The van der Waals surface area contributed by atoms with Gasteiger partial charge in [0.2, 0.25) is 5.91 Å². The number of hydrogen-bond acceptors (Lipinski definition) is 5. The summed E-state index contributed by atoms with van der Waals surface area (Å²) in [6.45, 7) is 2.38. The van der Waals surface area contributed by atoms with Crippen molar-refractivity contribution in [2.45, 2.75) is 13.5 Å². The van der Waals surface area contributed by atoms with E-state index in [0.717, 1.165) is 11.3 Å². The van der Waals surface area contributed by atoms with Crippen LogP contribution in [0, 0.1) is 5.92 Å². The van der Waals surface area contributed by atoms with E-state index in [1.54, 1.807) is 18.9 Å². The Balaban J connectivity index is 2.80. The fraction of sp³-hybridized carbons (Fsp3) is 0.500. The summed E-state index contributed by atoms with van der Waals surface area (Å²) < 4.78 is 14.7. The maximum Gasteiger partial charge on any atom is 0.310 e. The predicted molar refractivity (Wildman–Crippen MR) is 81.5 cm³/mol. The summed E-state index contributed by atoms with van der Waals surface area (Å²) in [6, 6.07) is 7.43. The van der Waals surface area contributed by atoms with Gasteiger partial charge in [-0.05, 0) is 17.7 Å². The van der Waals surface area contributed by atoms with E-state index in [9.17, 15) is 9.59 Å². The number of rotatable bonds is 8. The molecule has 0 aliphatic heterocycles. The van der Waals surface area contributed by atoms with E-state index in [1.807, 2.05) is 24.3 Å². The lowest BCUT2D eigenvalue weighted by atomic mass is 10.1. The molecule has 1 amide bonds. The molecule has 1 aromatic rings. The lowest BCUT2D eigenvalue weighted by Crippen LogP contribution is -2.38. The van der Waals surface area contributed by atoms with Gasteiger partial charge < -0.3 is 19.1 Å². The van der Waals surface area contributed by atoms with Gasteiger partial charge in [0.25, 0.3) is 0 Å². The molecular weight excluding hydrogens is 286 g/mol. The number of benzene rings is 1. The molecule has 22 heavy (non-hydrogen) atoms. The molecule has 0 aromatic heterocycles. The Morgan fingerprint density at radius 1 is 1.14 bits per heavy atom. The molecule has 0 aliphatic rings. The van der Waals surface area contributed by atoms with E-state index in [2.05, 4.69) is 0 Å². The number of nitrogens with zero attached hydrogens (tertiary/aromatic N) is 1. The predicted octanol–water partition coefficient (Wildman–Crippen LogP) is 1.48. The number of esters is 1. The van der Waals surface area contributed by atoms with Crippen molar-refractivity contribution in [2.24, 2.45) is 5.92 Å². The Kier molecular flexibility index (Phi) is 7.39. The van der Waals surface area contributed by atoms with Crippen LogP contribution in [0.4, 0.5) is 0 Å². The molecule has 0 radical (unpaired) electrons. The van der Waals surface area contributed by atoms with Crippen LogP contribution in [0.5, 0.6) is 5.75 Å². The Morgan fingerprint density at radius 3 is 2.27 bits per heavy atom. The van der Waals surface area contributed by atoms with Crippen LogP contribution in [0.3, 0.4) is 0 Å². The first-order valence-electron chi connectivity index (χ1n) is 6.99. The molecule has 0 N–H and O–H groups in total. The van der Waals surface area contributed by atoms with Gasteiger partial charge in [0.05, 0.1) is 20.1 Å². The molecule has 1 rings (SSSR count). The molecule has 1 aromatic carbocycles. The summed E-state index contributed by atoms with van der Waals surface area (Å²) in [5.74, 6) is -0.162. The van der Waals surface area contributed by atoms with Crippen LogP contribution in [0.2, 0.25) is 0 Å². The Hall–Kier alpha value is -2.08. The zero-order valence-corrected chi connectivity index (χ0v) is 13.5. The first-order valence-corrected chi connectivity index (χ1v) is 6.99. The van der Waals surface area contributed by atoms with E-state index in [4.69, 9.17) is 14.2 Å². The second-order valence-electron chi connectivity index (χ2n) is 4.98. The van der Waals surface area contributed by atoms with Gasteiger partial charge in [-0.2, -0.15) is 0 Å². The van der Waals surface area contributed by atoms with Crippen LogP contribution in [-0.2, 0) is 25.6 Å². The fourth-order valence-electron chi connectivity index (χ4n) is 2.03. The van der Waals surface area contributed by atoms with Crippen molar-refractivity contribution >= 4 is 11.9 Å². The third-order valence-corrected chi connectivity index (χ3v) is 3.25. The van der Waals surface area contributed by atoms with Crippen molar-refractivity contribution in [1.82, 2.24) is 4.90 Å². The molecule has 122 valence electrons. The summed E-state index contributed by atoms with van der Waals surface area (Å²) >= 11 is 0. The monoisotopic (exact) mass is 309 g/mol. The molecule has 6 heteroatoms. The summed E-state index contributed by atoms with van der Waals surface area (Å²) in [7, 11) is 4.40. The van der Waals surface area contributed by atoms with Gasteiger partial charge >= 0.3 is 5.97 Å². The van der Waals surface area contributed by atoms with Crippen LogP contribution in [0.1, 0.15) is 12.5 Å². The number of ether oxygens (including phenoxy) is 3. The van der Waals surface area contributed by atoms with E-state index < -0.39 is 5.92 Å². The zero-order valence-electron chi connectivity index (χ0n) is 13.5. The first kappa shape index (κ1) is 18.0. The molecule has 0 saturated heterocycles. The van der Waals surface area contributed by atoms with Crippen molar-refractivity contribution in [3.05, 3.63) is 29.8 Å². The maximum absolute atomic E-state index is 12.1. The number of carbonyl (C=O) groups is 2. The Morgan fingerprint density at radius 2 is 1.77 bits per heavy atom. The highest BCUT2D eigenvalue weighted by Crippen LogP contribution is 2.14. The second-order valence-corrected chi connectivity index (χ2v) is 4.98. The van der Waals surface area contributed by atoms with Crippen LogP contribution in [-0.4, -0.2) is 51.3 Å². The molecule has 6 nitrogen and oxygen atoms in total. The number of amides is 1. The maximum atomic E-state index is 12.1. The van der Waals surface area contributed by atoms with E-state index >= 15 is 0 Å². The minimum absolute atomic E-state index is 0.0238. The lowest BCUT2D eigenvalue weighted by Gasteiger charge is -2.25. The lowest BCUT2D eigenvalue weighted by molar-refractivity contribution is -0.147. The Labute approximate surface area is 131 Å². The van der Waals surface area contributed by atoms with Crippen LogP contribution >= 0.6 is 0 Å². The molecule has 0 spiro atoms. The van der Waals surface area contributed by atoms with Crippen molar-refractivity contribution in [1.29, 1.82) is 0 Å². The van der Waals surface area contributed by atoms with Gasteiger partial charge in [-0.3, -0.25) is 9.59 Å². The highest BCUT2D eigenvalue weighted by atomic mass is 16.5. The third kappa shape index (κ3) is 5.37. The van der Waals surface area contributed by atoms with E-state index in [0.29, 0.717) is 6.54 Å². The molecule has 0 bridgehead atoms. The minimum atomic E-state index is -0.399. The smallest absolute Gasteiger partial charge is 0.310 e. The molecule has 0 saturated carbocycles. The molecule has 1 atom stereocenters. The topological polar surface area (TPSA) is 65.1 Å². The average Bonchev–Trinajstić information content (AvgIpc) is 2.54. The summed E-state index contributed by atoms with van der Waals surface area (Å²) in [5.41, 5.74) is 0.947. The number of methoxy groups -OCH3 is 3. The van der Waals surface area contributed by atoms with E-state index in [-0.39, 0.29) is 25.0 Å². The largest absolute Gasteiger partial charge is 0.497 e. The highest BCUT2D eigenvalue weighted by molar-refractivity contribution is 5.79. The second kappa shape index (κ2) is 9.04. The summed E-state index contributed by atoms with van der Waals surface area (Å²) in [5, 5.41) is 0. The zero-order chi connectivity index (χ0) is 16.5. The summed E-state index contributed by atoms with van der Waals surface area (Å²) in [4.78, 5) is 25.3. The minimum Gasteiger partial charge on any atom is -0.497 e. The highest BCUT2D eigenvalue weighted by Gasteiger charge is 2.21. The molecule has 0 aliphatic carbocycles. The van der Waals surface area contributed by atoms with Crippen molar-refractivity contribution in [3.63, 3.8) is 0 Å². The quantitative estimate of drug-likeness (QED) is 0.681. The van der Waals surface area contributed by atoms with Crippen LogP contribution < -0.4 is 4.74 Å². The average molecular weight is 309 g/mol. The number of hydrogen-bond donors (Lipinski definition) is 0. The molecule has 1 unspecified atom stereocenters. The van der Waals surface area contributed by atoms with Crippen LogP contribution in [0.15, 0.2) is 24.3 Å². The Bertz CT molecular complexity index is 486. The van der Waals surface area contributed by atoms with Gasteiger partial charge in [-0.25, -0.2) is 0 Å². The SMILES string of the molecule is COCC(=O)N(Cc1ccc(OC)cc1)CC(C)C(=O)OC. The van der Waals surface area contributed by atoms with Gasteiger partial charge in [0.15, 0.2) is 0 Å².